The summed E-state index contributed by atoms with van der Waals surface area (Å²) in [6, 6.07) is 4.63. The largest absolute Gasteiger partial charge is 0.322 e. The topological polar surface area (TPSA) is 49.8 Å². The summed E-state index contributed by atoms with van der Waals surface area (Å²) in [6.45, 7) is -0.726. The lowest BCUT2D eigenvalue weighted by Crippen LogP contribution is -2.12. The Morgan fingerprint density at radius 1 is 1.50 bits per heavy atom. The highest BCUT2D eigenvalue weighted by Gasteiger charge is 2.08. The molecular formula is C9H9ClF2N2. The molecule has 0 bridgehead atoms. The van der Waals surface area contributed by atoms with E-state index >= 15 is 0 Å². The third-order valence-electron chi connectivity index (χ3n) is 1.71. The zero-order valence-electron chi connectivity index (χ0n) is 7.21. The predicted molar refractivity (Wildman–Crippen MR) is 51.3 cm³/mol. The minimum atomic E-state index is -0.785. The van der Waals surface area contributed by atoms with Gasteiger partial charge < -0.3 is 5.73 Å². The molecule has 76 valence electrons. The molecule has 0 aliphatic carbocycles. The first kappa shape index (κ1) is 12.8. The number of nitrogens with zero attached hydrogens (tertiary/aromatic N) is 1. The number of nitrogens with two attached hydrogens (primary N) is 1. The van der Waals surface area contributed by atoms with E-state index in [2.05, 4.69) is 0 Å². The zero-order chi connectivity index (χ0) is 9.84. The van der Waals surface area contributed by atoms with Gasteiger partial charge in [0.2, 0.25) is 0 Å². The van der Waals surface area contributed by atoms with Crippen molar-refractivity contribution in [3.8, 4) is 6.07 Å². The van der Waals surface area contributed by atoms with Gasteiger partial charge in [-0.3, -0.25) is 0 Å². The zero-order valence-corrected chi connectivity index (χ0v) is 8.02. The van der Waals surface area contributed by atoms with Gasteiger partial charge in [-0.05, 0) is 17.7 Å². The maximum absolute atomic E-state index is 12.8. The van der Waals surface area contributed by atoms with Crippen LogP contribution < -0.4 is 5.73 Å². The number of hydrogen-bond acceptors (Lipinski definition) is 2. The Morgan fingerprint density at radius 2 is 2.14 bits per heavy atom. The van der Waals surface area contributed by atoms with Gasteiger partial charge in [0.05, 0.1) is 11.6 Å². The Bertz CT molecular complexity index is 349. The lowest BCUT2D eigenvalue weighted by Gasteiger charge is -2.07. The molecule has 0 unspecified atom stereocenters. The maximum atomic E-state index is 12.8. The first-order valence-electron chi connectivity index (χ1n) is 3.70. The second kappa shape index (κ2) is 5.53. The molecule has 0 saturated carbocycles. The van der Waals surface area contributed by atoms with E-state index in [1.807, 2.05) is 0 Å². The standard InChI is InChI=1S/C9H8F2N2.ClH/c10-4-9(13)6-1-2-8(11)7(3-6)5-12;/h1-3,9H,4,13H2;1H/t9-;/m0./s1. The Morgan fingerprint density at radius 3 is 2.64 bits per heavy atom. The van der Waals surface area contributed by atoms with Crippen LogP contribution in [0.25, 0.3) is 0 Å². The van der Waals surface area contributed by atoms with Gasteiger partial charge in [0.25, 0.3) is 0 Å². The van der Waals surface area contributed by atoms with E-state index in [0.29, 0.717) is 5.56 Å². The molecule has 1 aromatic carbocycles. The summed E-state index contributed by atoms with van der Waals surface area (Å²) >= 11 is 0. The van der Waals surface area contributed by atoms with Crippen LogP contribution in [0.4, 0.5) is 8.78 Å². The first-order valence-corrected chi connectivity index (χ1v) is 3.70. The molecule has 14 heavy (non-hydrogen) atoms. The molecule has 0 aliphatic heterocycles. The summed E-state index contributed by atoms with van der Waals surface area (Å²) in [5, 5.41) is 8.47. The van der Waals surface area contributed by atoms with Crippen LogP contribution in [0.5, 0.6) is 0 Å². The fourth-order valence-corrected chi connectivity index (χ4v) is 0.948. The summed E-state index contributed by atoms with van der Waals surface area (Å²) in [6.07, 6.45) is 0. The normalized spacial score (nSPS) is 11.3. The van der Waals surface area contributed by atoms with E-state index < -0.39 is 18.5 Å². The molecule has 0 amide bonds. The summed E-state index contributed by atoms with van der Waals surface area (Å²) in [5.74, 6) is -0.614. The van der Waals surface area contributed by atoms with Crippen LogP contribution in [0.1, 0.15) is 17.2 Å². The molecular weight excluding hydrogens is 210 g/mol. The molecule has 0 aliphatic rings. The van der Waals surface area contributed by atoms with Gasteiger partial charge in [-0.2, -0.15) is 5.26 Å². The van der Waals surface area contributed by atoms with E-state index in [-0.39, 0.29) is 18.0 Å². The van der Waals surface area contributed by atoms with Gasteiger partial charge in [0, 0.05) is 0 Å². The van der Waals surface area contributed by atoms with Crippen LogP contribution in [-0.2, 0) is 0 Å². The number of nitriles is 1. The van der Waals surface area contributed by atoms with Gasteiger partial charge >= 0.3 is 0 Å². The average Bonchev–Trinajstić information content (AvgIpc) is 2.17. The molecule has 2 N–H and O–H groups in total. The molecule has 2 nitrogen and oxygen atoms in total. The molecule has 1 rings (SSSR count). The van der Waals surface area contributed by atoms with E-state index in [1.54, 1.807) is 6.07 Å². The monoisotopic (exact) mass is 218 g/mol. The number of hydrogen-bond donors (Lipinski definition) is 1. The highest BCUT2D eigenvalue weighted by molar-refractivity contribution is 5.85. The van der Waals surface area contributed by atoms with Crippen LogP contribution in [0, 0.1) is 17.1 Å². The summed E-state index contributed by atoms with van der Waals surface area (Å²) in [5.41, 5.74) is 5.68. The highest BCUT2D eigenvalue weighted by atomic mass is 35.5. The van der Waals surface area contributed by atoms with Crippen molar-refractivity contribution in [1.82, 2.24) is 0 Å². The molecule has 5 heteroatoms. The fraction of sp³-hybridized carbons (Fsp3) is 0.222. The molecule has 0 spiro atoms. The van der Waals surface area contributed by atoms with Crippen molar-refractivity contribution in [2.75, 3.05) is 6.67 Å². The number of rotatable bonds is 2. The predicted octanol–water partition coefficient (Wildman–Crippen LogP) is 2.09. The average molecular weight is 219 g/mol. The first-order chi connectivity index (χ1) is 6.19. The van der Waals surface area contributed by atoms with Crippen molar-refractivity contribution in [3.63, 3.8) is 0 Å². The van der Waals surface area contributed by atoms with Crippen LogP contribution in [0.2, 0.25) is 0 Å². The van der Waals surface area contributed by atoms with Crippen LogP contribution in [0.15, 0.2) is 18.2 Å². The third kappa shape index (κ3) is 2.66. The Hall–Kier alpha value is -1.18. The SMILES string of the molecule is Cl.N#Cc1cc([C@@H](N)CF)ccc1F. The quantitative estimate of drug-likeness (QED) is 0.826. The lowest BCUT2D eigenvalue weighted by atomic mass is 10.1. The van der Waals surface area contributed by atoms with Crippen molar-refractivity contribution in [1.29, 1.82) is 5.26 Å². The van der Waals surface area contributed by atoms with Crippen molar-refractivity contribution in [2.45, 2.75) is 6.04 Å². The number of halogens is 3. The van der Waals surface area contributed by atoms with Crippen molar-refractivity contribution < 1.29 is 8.78 Å². The molecule has 1 aromatic rings. The number of alkyl halides is 1. The van der Waals surface area contributed by atoms with Crippen LogP contribution in [0.3, 0.4) is 0 Å². The van der Waals surface area contributed by atoms with Gasteiger partial charge in [-0.1, -0.05) is 6.07 Å². The molecule has 1 atom stereocenters. The van der Waals surface area contributed by atoms with E-state index in [1.165, 1.54) is 12.1 Å². The molecule has 0 saturated heterocycles. The Labute approximate surface area is 86.7 Å². The molecule has 0 radical (unpaired) electrons. The lowest BCUT2D eigenvalue weighted by molar-refractivity contribution is 0.437. The van der Waals surface area contributed by atoms with Crippen molar-refractivity contribution in [3.05, 3.63) is 35.1 Å². The van der Waals surface area contributed by atoms with Crippen LogP contribution in [-0.4, -0.2) is 6.67 Å². The third-order valence-corrected chi connectivity index (χ3v) is 1.71. The molecule has 0 heterocycles. The van der Waals surface area contributed by atoms with E-state index in [4.69, 9.17) is 11.0 Å². The van der Waals surface area contributed by atoms with E-state index in [0.717, 1.165) is 6.07 Å². The molecule has 0 aromatic heterocycles. The molecule has 0 fully saturated rings. The minimum Gasteiger partial charge on any atom is -0.322 e. The summed E-state index contributed by atoms with van der Waals surface area (Å²) in [7, 11) is 0. The van der Waals surface area contributed by atoms with Gasteiger partial charge in [0.1, 0.15) is 18.6 Å². The summed E-state index contributed by atoms with van der Waals surface area (Å²) in [4.78, 5) is 0. The van der Waals surface area contributed by atoms with Gasteiger partial charge in [0.15, 0.2) is 0 Å². The second-order valence-corrected chi connectivity index (χ2v) is 2.61. The fourth-order valence-electron chi connectivity index (χ4n) is 0.948. The Kier molecular flexibility index (Phi) is 5.06. The number of benzene rings is 1. The maximum Gasteiger partial charge on any atom is 0.140 e. The van der Waals surface area contributed by atoms with Crippen molar-refractivity contribution in [2.24, 2.45) is 5.73 Å². The smallest absolute Gasteiger partial charge is 0.140 e. The van der Waals surface area contributed by atoms with E-state index in [9.17, 15) is 8.78 Å². The van der Waals surface area contributed by atoms with Gasteiger partial charge in [-0.25, -0.2) is 8.78 Å². The van der Waals surface area contributed by atoms with Crippen LogP contribution >= 0.6 is 12.4 Å². The van der Waals surface area contributed by atoms with Gasteiger partial charge in [-0.15, -0.1) is 12.4 Å². The summed E-state index contributed by atoms with van der Waals surface area (Å²) < 4.78 is 24.9. The highest BCUT2D eigenvalue weighted by Crippen LogP contribution is 2.15. The Balaban J connectivity index is 0.00000169. The van der Waals surface area contributed by atoms with Crippen molar-refractivity contribution >= 4 is 12.4 Å². The minimum absolute atomic E-state index is 0. The second-order valence-electron chi connectivity index (χ2n) is 2.61.